The molecule has 18 heavy (non-hydrogen) atoms. The summed E-state index contributed by atoms with van der Waals surface area (Å²) in [6, 6.07) is 7.57. The van der Waals surface area contributed by atoms with Crippen molar-refractivity contribution < 1.29 is 4.79 Å². The molecule has 1 aromatic carbocycles. The zero-order valence-corrected chi connectivity index (χ0v) is 12.2. The Labute approximate surface area is 114 Å². The van der Waals surface area contributed by atoms with Gasteiger partial charge in [0.1, 0.15) is 0 Å². The summed E-state index contributed by atoms with van der Waals surface area (Å²) in [6.07, 6.45) is 0. The van der Waals surface area contributed by atoms with Crippen LogP contribution in [0.4, 0.5) is 0 Å². The van der Waals surface area contributed by atoms with E-state index in [4.69, 9.17) is 11.6 Å². The number of carbonyl (C=O) groups is 1. The molecule has 0 aliphatic carbocycles. The second kappa shape index (κ2) is 6.76. The molecule has 0 aliphatic heterocycles. The molecule has 0 spiro atoms. The van der Waals surface area contributed by atoms with E-state index in [2.05, 4.69) is 5.32 Å². The summed E-state index contributed by atoms with van der Waals surface area (Å²) < 4.78 is 0. The minimum atomic E-state index is -0.205. The molecule has 0 aromatic heterocycles. The number of nitrogens with one attached hydrogen (secondary N) is 1. The van der Waals surface area contributed by atoms with Crippen molar-refractivity contribution >= 4 is 17.5 Å². The van der Waals surface area contributed by atoms with Gasteiger partial charge in [0.05, 0.1) is 6.04 Å². The average Bonchev–Trinajstić information content (AvgIpc) is 2.36. The average molecular weight is 269 g/mol. The van der Waals surface area contributed by atoms with Crippen molar-refractivity contribution in [2.24, 2.45) is 0 Å². The largest absolute Gasteiger partial charge is 0.345 e. The first kappa shape index (κ1) is 15.0. The summed E-state index contributed by atoms with van der Waals surface area (Å²) >= 11 is 5.96. The molecular weight excluding hydrogens is 248 g/mol. The third kappa shape index (κ3) is 4.00. The molecule has 100 valence electrons. The van der Waals surface area contributed by atoms with Crippen LogP contribution >= 0.6 is 11.6 Å². The van der Waals surface area contributed by atoms with Crippen molar-refractivity contribution in [3.63, 3.8) is 0 Å². The lowest BCUT2D eigenvalue weighted by molar-refractivity contribution is -0.131. The van der Waals surface area contributed by atoms with Gasteiger partial charge in [0.25, 0.3) is 0 Å². The van der Waals surface area contributed by atoms with E-state index >= 15 is 0 Å². The number of likely N-dealkylation sites (N-methyl/N-ethyl adjacent to an activating group) is 1. The standard InChI is InChI=1S/C14H21ClN2O/c1-5-17(4)14(18)11(3)16-10(2)12-7-6-8-13(15)9-12/h6-11,16H,5H2,1-4H3. The fourth-order valence-electron chi connectivity index (χ4n) is 1.80. The number of rotatable bonds is 5. The number of nitrogens with zero attached hydrogens (tertiary/aromatic N) is 1. The van der Waals surface area contributed by atoms with Crippen LogP contribution in [0.1, 0.15) is 32.4 Å². The lowest BCUT2D eigenvalue weighted by atomic mass is 10.1. The van der Waals surface area contributed by atoms with Crippen molar-refractivity contribution in [2.45, 2.75) is 32.9 Å². The van der Waals surface area contributed by atoms with Crippen LogP contribution in [0.5, 0.6) is 0 Å². The fourth-order valence-corrected chi connectivity index (χ4v) is 2.00. The van der Waals surface area contributed by atoms with Crippen molar-refractivity contribution in [3.05, 3.63) is 34.9 Å². The van der Waals surface area contributed by atoms with E-state index in [1.54, 1.807) is 4.90 Å². The number of carbonyl (C=O) groups excluding carboxylic acids is 1. The molecule has 4 heteroatoms. The smallest absolute Gasteiger partial charge is 0.239 e. The van der Waals surface area contributed by atoms with Crippen LogP contribution in [-0.2, 0) is 4.79 Å². The van der Waals surface area contributed by atoms with E-state index in [0.717, 1.165) is 12.1 Å². The van der Waals surface area contributed by atoms with Gasteiger partial charge in [-0.05, 0) is 38.5 Å². The summed E-state index contributed by atoms with van der Waals surface area (Å²) in [6.45, 7) is 6.60. The quantitative estimate of drug-likeness (QED) is 0.891. The van der Waals surface area contributed by atoms with Gasteiger partial charge in [0.15, 0.2) is 0 Å². The van der Waals surface area contributed by atoms with Crippen LogP contribution in [0.3, 0.4) is 0 Å². The fraction of sp³-hybridized carbons (Fsp3) is 0.500. The summed E-state index contributed by atoms with van der Waals surface area (Å²) in [5, 5.41) is 4.00. The Morgan fingerprint density at radius 3 is 2.67 bits per heavy atom. The molecule has 0 fully saturated rings. The molecule has 0 saturated heterocycles. The van der Waals surface area contributed by atoms with Crippen molar-refractivity contribution in [3.8, 4) is 0 Å². The van der Waals surface area contributed by atoms with E-state index in [9.17, 15) is 4.79 Å². The highest BCUT2D eigenvalue weighted by molar-refractivity contribution is 6.30. The zero-order valence-electron chi connectivity index (χ0n) is 11.4. The minimum absolute atomic E-state index is 0.0907. The maximum absolute atomic E-state index is 11.9. The van der Waals surface area contributed by atoms with Crippen LogP contribution in [0.15, 0.2) is 24.3 Å². The van der Waals surface area contributed by atoms with Gasteiger partial charge in [-0.15, -0.1) is 0 Å². The first-order chi connectivity index (χ1) is 8.45. The monoisotopic (exact) mass is 268 g/mol. The van der Waals surface area contributed by atoms with E-state index in [1.807, 2.05) is 52.1 Å². The first-order valence-corrected chi connectivity index (χ1v) is 6.60. The van der Waals surface area contributed by atoms with Gasteiger partial charge in [0, 0.05) is 24.7 Å². The molecule has 1 N–H and O–H groups in total. The van der Waals surface area contributed by atoms with Gasteiger partial charge in [-0.25, -0.2) is 0 Å². The SMILES string of the molecule is CCN(C)C(=O)C(C)NC(C)c1cccc(Cl)c1. The number of amides is 1. The summed E-state index contributed by atoms with van der Waals surface area (Å²) in [4.78, 5) is 13.7. The Balaban J connectivity index is 2.64. The molecule has 2 unspecified atom stereocenters. The first-order valence-electron chi connectivity index (χ1n) is 6.22. The Morgan fingerprint density at radius 2 is 2.11 bits per heavy atom. The highest BCUT2D eigenvalue weighted by Crippen LogP contribution is 2.17. The lowest BCUT2D eigenvalue weighted by Gasteiger charge is -2.24. The molecule has 0 aliphatic rings. The maximum Gasteiger partial charge on any atom is 0.239 e. The van der Waals surface area contributed by atoms with Gasteiger partial charge in [-0.3, -0.25) is 10.1 Å². The molecule has 0 saturated carbocycles. The Hall–Kier alpha value is -1.06. The second-order valence-corrected chi connectivity index (χ2v) is 4.95. The number of benzene rings is 1. The molecule has 1 amide bonds. The van der Waals surface area contributed by atoms with Gasteiger partial charge in [-0.1, -0.05) is 23.7 Å². The van der Waals surface area contributed by atoms with Crippen LogP contribution in [0, 0.1) is 0 Å². The molecule has 2 atom stereocenters. The Kier molecular flexibility index (Phi) is 5.63. The third-order valence-electron chi connectivity index (χ3n) is 3.07. The molecule has 0 heterocycles. The second-order valence-electron chi connectivity index (χ2n) is 4.52. The molecule has 1 aromatic rings. The predicted octanol–water partition coefficient (Wildman–Crippen LogP) is 2.86. The molecule has 1 rings (SSSR count). The number of hydrogen-bond acceptors (Lipinski definition) is 2. The lowest BCUT2D eigenvalue weighted by Crippen LogP contribution is -2.43. The molecule has 0 bridgehead atoms. The van der Waals surface area contributed by atoms with E-state index < -0.39 is 0 Å². The van der Waals surface area contributed by atoms with Crippen molar-refractivity contribution in [1.29, 1.82) is 0 Å². The maximum atomic E-state index is 11.9. The number of hydrogen-bond donors (Lipinski definition) is 1. The Bertz CT molecular complexity index is 409. The molecule has 3 nitrogen and oxygen atoms in total. The highest BCUT2D eigenvalue weighted by Gasteiger charge is 2.18. The van der Waals surface area contributed by atoms with Crippen LogP contribution in [-0.4, -0.2) is 30.4 Å². The minimum Gasteiger partial charge on any atom is -0.345 e. The van der Waals surface area contributed by atoms with Crippen LogP contribution < -0.4 is 5.32 Å². The van der Waals surface area contributed by atoms with Gasteiger partial charge < -0.3 is 4.90 Å². The van der Waals surface area contributed by atoms with Gasteiger partial charge in [-0.2, -0.15) is 0 Å². The summed E-state index contributed by atoms with van der Waals surface area (Å²) in [5.41, 5.74) is 1.08. The summed E-state index contributed by atoms with van der Waals surface area (Å²) in [7, 11) is 1.81. The van der Waals surface area contributed by atoms with Crippen LogP contribution in [0.25, 0.3) is 0 Å². The zero-order chi connectivity index (χ0) is 13.7. The van der Waals surface area contributed by atoms with Gasteiger partial charge >= 0.3 is 0 Å². The highest BCUT2D eigenvalue weighted by atomic mass is 35.5. The Morgan fingerprint density at radius 1 is 1.44 bits per heavy atom. The molecular formula is C14H21ClN2O. The number of halogens is 1. The van der Waals surface area contributed by atoms with Crippen molar-refractivity contribution in [2.75, 3.05) is 13.6 Å². The summed E-state index contributed by atoms with van der Waals surface area (Å²) in [5.74, 6) is 0.103. The van der Waals surface area contributed by atoms with E-state index in [-0.39, 0.29) is 18.0 Å². The van der Waals surface area contributed by atoms with Crippen LogP contribution in [0.2, 0.25) is 5.02 Å². The van der Waals surface area contributed by atoms with E-state index in [1.165, 1.54) is 0 Å². The topological polar surface area (TPSA) is 32.3 Å². The van der Waals surface area contributed by atoms with Gasteiger partial charge in [0.2, 0.25) is 5.91 Å². The molecule has 0 radical (unpaired) electrons. The third-order valence-corrected chi connectivity index (χ3v) is 3.30. The van der Waals surface area contributed by atoms with E-state index in [0.29, 0.717) is 5.02 Å². The van der Waals surface area contributed by atoms with Crippen molar-refractivity contribution in [1.82, 2.24) is 10.2 Å². The predicted molar refractivity (Wildman–Crippen MR) is 75.8 cm³/mol. The normalized spacial score (nSPS) is 14.1.